The number of benzene rings is 3. The van der Waals surface area contributed by atoms with Crippen molar-refractivity contribution in [3.05, 3.63) is 95.1 Å². The third-order valence-corrected chi connectivity index (χ3v) is 7.66. The summed E-state index contributed by atoms with van der Waals surface area (Å²) in [6.45, 7) is 2.73. The Hall–Kier alpha value is -2.82. The van der Waals surface area contributed by atoms with Gasteiger partial charge in [0, 0.05) is 36.5 Å². The van der Waals surface area contributed by atoms with Crippen molar-refractivity contribution in [3.8, 4) is 11.5 Å². The molecule has 172 valence electrons. The smallest absolute Gasteiger partial charge is 0.161 e. The number of ether oxygens (including phenoxy) is 3. The first-order valence-electron chi connectivity index (χ1n) is 12.0. The summed E-state index contributed by atoms with van der Waals surface area (Å²) >= 11 is 0. The van der Waals surface area contributed by atoms with Crippen LogP contribution in [0.25, 0.3) is 0 Å². The average Bonchev–Trinajstić information content (AvgIpc) is 2.89. The maximum Gasteiger partial charge on any atom is 0.161 e. The molecule has 5 rings (SSSR count). The van der Waals surface area contributed by atoms with Crippen molar-refractivity contribution >= 4 is 0 Å². The van der Waals surface area contributed by atoms with Crippen LogP contribution in [0.5, 0.6) is 11.5 Å². The SMILES string of the molecule is COc1cc2c(cc1OC)C1(CCOCC1)C[NH2+][C@@H]2CC(c1ccccc1)c1ccccc1. The summed E-state index contributed by atoms with van der Waals surface area (Å²) in [5.74, 6) is 1.97. The molecule has 2 heterocycles. The molecule has 2 N–H and O–H groups in total. The van der Waals surface area contributed by atoms with Crippen LogP contribution in [0.2, 0.25) is 0 Å². The highest BCUT2D eigenvalue weighted by atomic mass is 16.5. The molecule has 0 unspecified atom stereocenters. The summed E-state index contributed by atoms with van der Waals surface area (Å²) in [5, 5.41) is 2.57. The van der Waals surface area contributed by atoms with E-state index in [9.17, 15) is 0 Å². The number of fused-ring (bicyclic) bond motifs is 2. The van der Waals surface area contributed by atoms with Gasteiger partial charge in [-0.1, -0.05) is 60.7 Å². The Labute approximate surface area is 196 Å². The zero-order valence-electron chi connectivity index (χ0n) is 19.6. The Morgan fingerprint density at radius 3 is 2.03 bits per heavy atom. The Bertz CT molecular complexity index is 1020. The van der Waals surface area contributed by atoms with E-state index in [2.05, 4.69) is 78.1 Å². The van der Waals surface area contributed by atoms with Gasteiger partial charge >= 0.3 is 0 Å². The third-order valence-electron chi connectivity index (χ3n) is 7.66. The molecule has 1 saturated heterocycles. The molecule has 4 heteroatoms. The minimum Gasteiger partial charge on any atom is -0.493 e. The molecule has 33 heavy (non-hydrogen) atoms. The summed E-state index contributed by atoms with van der Waals surface area (Å²) in [7, 11) is 3.46. The van der Waals surface area contributed by atoms with E-state index in [1.54, 1.807) is 14.2 Å². The maximum absolute atomic E-state index is 5.75. The number of hydrogen-bond donors (Lipinski definition) is 1. The van der Waals surface area contributed by atoms with Crippen molar-refractivity contribution in [2.75, 3.05) is 34.0 Å². The number of nitrogens with two attached hydrogens (primary N) is 1. The van der Waals surface area contributed by atoms with E-state index in [1.807, 2.05) is 0 Å². The predicted molar refractivity (Wildman–Crippen MR) is 130 cm³/mol. The van der Waals surface area contributed by atoms with Crippen LogP contribution >= 0.6 is 0 Å². The van der Waals surface area contributed by atoms with E-state index in [4.69, 9.17) is 14.2 Å². The lowest BCUT2D eigenvalue weighted by molar-refractivity contribution is -0.708. The topological polar surface area (TPSA) is 44.3 Å². The lowest BCUT2D eigenvalue weighted by Crippen LogP contribution is -2.90. The van der Waals surface area contributed by atoms with E-state index >= 15 is 0 Å². The Kier molecular flexibility index (Phi) is 6.39. The van der Waals surface area contributed by atoms with Crippen molar-refractivity contribution in [3.63, 3.8) is 0 Å². The van der Waals surface area contributed by atoms with Crippen LogP contribution in [0.1, 0.15) is 53.5 Å². The molecule has 2 aliphatic heterocycles. The van der Waals surface area contributed by atoms with Gasteiger partial charge in [0.15, 0.2) is 11.5 Å². The first-order chi connectivity index (χ1) is 16.2. The van der Waals surface area contributed by atoms with Crippen LogP contribution in [-0.2, 0) is 10.2 Å². The van der Waals surface area contributed by atoms with Crippen molar-refractivity contribution in [2.24, 2.45) is 0 Å². The minimum absolute atomic E-state index is 0.138. The monoisotopic (exact) mass is 444 g/mol. The van der Waals surface area contributed by atoms with Crippen molar-refractivity contribution in [1.82, 2.24) is 0 Å². The van der Waals surface area contributed by atoms with E-state index in [0.29, 0.717) is 12.0 Å². The van der Waals surface area contributed by atoms with Gasteiger partial charge < -0.3 is 19.5 Å². The number of hydrogen-bond acceptors (Lipinski definition) is 3. The van der Waals surface area contributed by atoms with Crippen LogP contribution in [0.3, 0.4) is 0 Å². The first-order valence-corrected chi connectivity index (χ1v) is 12.0. The van der Waals surface area contributed by atoms with Gasteiger partial charge in [0.25, 0.3) is 0 Å². The second kappa shape index (κ2) is 9.58. The van der Waals surface area contributed by atoms with Crippen molar-refractivity contribution in [2.45, 2.75) is 36.6 Å². The van der Waals surface area contributed by atoms with Crippen LogP contribution in [0, 0.1) is 0 Å². The molecule has 3 aromatic carbocycles. The summed E-state index contributed by atoms with van der Waals surface area (Å²) in [4.78, 5) is 0. The summed E-state index contributed by atoms with van der Waals surface area (Å²) in [6.07, 6.45) is 3.14. The number of rotatable bonds is 6. The normalized spacial score (nSPS) is 19.3. The molecule has 4 nitrogen and oxygen atoms in total. The fourth-order valence-corrected chi connectivity index (χ4v) is 5.81. The highest BCUT2D eigenvalue weighted by Crippen LogP contribution is 2.46. The lowest BCUT2D eigenvalue weighted by atomic mass is 9.68. The quantitative estimate of drug-likeness (QED) is 0.605. The standard InChI is InChI=1S/C29H33NO3/c1-31-27-18-24-25(19-28(27)32-2)29(13-15-33-16-14-29)20-30-26(24)17-23(21-9-5-3-6-10-21)22-11-7-4-8-12-22/h3-12,18-19,23,26,30H,13-17,20H2,1-2H3/p+1/t26-/m1/s1. The molecule has 0 amide bonds. The van der Waals surface area contributed by atoms with Gasteiger partial charge in [0.2, 0.25) is 0 Å². The van der Waals surface area contributed by atoms with Crippen molar-refractivity contribution < 1.29 is 19.5 Å². The van der Waals surface area contributed by atoms with Crippen molar-refractivity contribution in [1.29, 1.82) is 0 Å². The molecule has 1 spiro atoms. The second-order valence-electron chi connectivity index (χ2n) is 9.34. The van der Waals surface area contributed by atoms with Gasteiger partial charge in [-0.15, -0.1) is 0 Å². The molecule has 3 aromatic rings. The summed E-state index contributed by atoms with van der Waals surface area (Å²) in [6, 6.07) is 26.7. The summed E-state index contributed by atoms with van der Waals surface area (Å²) in [5.41, 5.74) is 5.68. The van der Waals surface area contributed by atoms with Gasteiger partial charge in [0.05, 0.1) is 20.8 Å². The second-order valence-corrected chi connectivity index (χ2v) is 9.34. The van der Waals surface area contributed by atoms with Crippen LogP contribution in [0.4, 0.5) is 0 Å². The fraction of sp³-hybridized carbons (Fsp3) is 0.379. The molecule has 0 saturated carbocycles. The molecule has 0 bridgehead atoms. The predicted octanol–water partition coefficient (Wildman–Crippen LogP) is 4.59. The molecule has 0 aromatic heterocycles. The Morgan fingerprint density at radius 1 is 0.879 bits per heavy atom. The highest BCUT2D eigenvalue weighted by molar-refractivity contribution is 5.52. The van der Waals surface area contributed by atoms with Gasteiger partial charge in [-0.05, 0) is 41.7 Å². The van der Waals surface area contributed by atoms with Gasteiger partial charge in [0.1, 0.15) is 6.04 Å². The first kappa shape index (κ1) is 22.0. The van der Waals surface area contributed by atoms with E-state index in [-0.39, 0.29) is 5.41 Å². The molecule has 1 atom stereocenters. The third kappa shape index (κ3) is 4.25. The molecule has 1 fully saturated rings. The lowest BCUT2D eigenvalue weighted by Gasteiger charge is -2.43. The highest BCUT2D eigenvalue weighted by Gasteiger charge is 2.45. The number of methoxy groups -OCH3 is 2. The van der Waals surface area contributed by atoms with E-state index in [1.165, 1.54) is 22.3 Å². The maximum atomic E-state index is 5.75. The molecular weight excluding hydrogens is 410 g/mol. The zero-order chi connectivity index (χ0) is 22.7. The molecule has 2 aliphatic rings. The number of quaternary nitrogens is 1. The van der Waals surface area contributed by atoms with Crippen LogP contribution < -0.4 is 14.8 Å². The van der Waals surface area contributed by atoms with E-state index in [0.717, 1.165) is 50.5 Å². The average molecular weight is 445 g/mol. The largest absolute Gasteiger partial charge is 0.493 e. The fourth-order valence-electron chi connectivity index (χ4n) is 5.81. The van der Waals surface area contributed by atoms with Crippen LogP contribution in [-0.4, -0.2) is 34.0 Å². The van der Waals surface area contributed by atoms with Gasteiger partial charge in [-0.25, -0.2) is 0 Å². The Morgan fingerprint density at radius 2 is 1.45 bits per heavy atom. The van der Waals surface area contributed by atoms with Gasteiger partial charge in [-0.3, -0.25) is 0 Å². The molecular formula is C29H34NO3+. The molecule has 0 aliphatic carbocycles. The van der Waals surface area contributed by atoms with E-state index < -0.39 is 0 Å². The zero-order valence-corrected chi connectivity index (χ0v) is 19.6. The molecule has 0 radical (unpaired) electrons. The minimum atomic E-state index is 0.138. The summed E-state index contributed by atoms with van der Waals surface area (Å²) < 4.78 is 17.2. The van der Waals surface area contributed by atoms with Crippen LogP contribution in [0.15, 0.2) is 72.8 Å². The van der Waals surface area contributed by atoms with Gasteiger partial charge in [-0.2, -0.15) is 0 Å². The Balaban J connectivity index is 1.57.